The molecule has 0 fully saturated rings. The fraction of sp³-hybridized carbons (Fsp3) is 1.00. The first-order chi connectivity index (χ1) is 8.60. The van der Waals surface area contributed by atoms with Crippen molar-refractivity contribution in [1.29, 1.82) is 0 Å². The van der Waals surface area contributed by atoms with Gasteiger partial charge in [-0.3, -0.25) is 0 Å². The molecule has 20 heavy (non-hydrogen) atoms. The molecule has 0 nitrogen and oxygen atoms in total. The van der Waals surface area contributed by atoms with Crippen LogP contribution in [0.2, 0.25) is 82.0 Å². The Bertz CT molecular complexity index is 198. The molecule has 0 aliphatic heterocycles. The van der Waals surface area contributed by atoms with E-state index in [2.05, 4.69) is 82.0 Å². The normalized spacial score (nSPS) is 12.3. The van der Waals surface area contributed by atoms with Gasteiger partial charge in [0.2, 0.25) is 0 Å². The average Bonchev–Trinajstić information content (AvgIpc) is 2.14. The summed E-state index contributed by atoms with van der Waals surface area (Å²) in [6.07, 6.45) is 0. The number of hydrogen-bond acceptors (Lipinski definition) is 0. The van der Waals surface area contributed by atoms with Crippen LogP contribution in [-0.2, 0) is 0 Å². The van der Waals surface area contributed by atoms with Crippen LogP contribution < -0.4 is 0 Å². The molecule has 0 aromatic rings. The quantitative estimate of drug-likeness (QED) is 0.378. The molecular formula is C14H42Si4Sn2. The van der Waals surface area contributed by atoms with Crippen molar-refractivity contribution in [3.8, 4) is 0 Å². The van der Waals surface area contributed by atoms with Crippen molar-refractivity contribution in [3.05, 3.63) is 0 Å². The summed E-state index contributed by atoms with van der Waals surface area (Å²) in [5.41, 5.74) is 0. The second-order valence-electron chi connectivity index (χ2n) is 8.25. The van der Waals surface area contributed by atoms with Gasteiger partial charge in [0.05, 0.1) is 0 Å². The first kappa shape index (κ1) is 27.3. The molecule has 6 heteroatoms. The van der Waals surface area contributed by atoms with Gasteiger partial charge in [0, 0.05) is 30.8 Å². The Labute approximate surface area is 151 Å². The van der Waals surface area contributed by atoms with Crippen LogP contribution in [0.25, 0.3) is 0 Å². The maximum atomic E-state index is 2.66. The molecule has 0 heterocycles. The van der Waals surface area contributed by atoms with Crippen molar-refractivity contribution in [2.75, 3.05) is 0 Å². The van der Waals surface area contributed by atoms with Gasteiger partial charge in [-0.05, 0) is 0 Å². The molecule has 0 amide bonds. The molecule has 0 aliphatic carbocycles. The molecule has 122 valence electrons. The third kappa shape index (κ3) is 14.1. The zero-order valence-corrected chi connectivity index (χ0v) is 26.7. The standard InChI is InChI=1S/C8H24Si4.6CH3.2Sn/c1-9(2)11(5,6)12(7,8)10(3)4;;;;;;;;/h1-8H3;6*1H3;;. The fourth-order valence-corrected chi connectivity index (χ4v) is 47.2. The third-order valence-corrected chi connectivity index (χ3v) is 59.1. The summed E-state index contributed by atoms with van der Waals surface area (Å²) in [6, 6.07) is 0. The number of rotatable bonds is 3. The first-order valence-electron chi connectivity index (χ1n) is 7.75. The maximum absolute atomic E-state index is 2.66. The molecule has 0 saturated carbocycles. The van der Waals surface area contributed by atoms with E-state index in [1.807, 2.05) is 0 Å². The Morgan fingerprint density at radius 2 is 0.600 bits per heavy atom. The van der Waals surface area contributed by atoms with Crippen LogP contribution in [0.4, 0.5) is 0 Å². The molecule has 0 aromatic carbocycles. The van der Waals surface area contributed by atoms with Crippen molar-refractivity contribution in [2.24, 2.45) is 0 Å². The zero-order valence-electron chi connectivity index (χ0n) is 17.0. The van der Waals surface area contributed by atoms with E-state index in [9.17, 15) is 0 Å². The summed E-state index contributed by atoms with van der Waals surface area (Å²) < 4.78 is 0. The van der Waals surface area contributed by atoms with Crippen LogP contribution >= 0.6 is 0 Å². The minimum atomic E-state index is -0.785. The van der Waals surface area contributed by atoms with Crippen molar-refractivity contribution < 1.29 is 0 Å². The van der Waals surface area contributed by atoms with E-state index in [0.29, 0.717) is 0 Å². The Morgan fingerprint density at radius 1 is 0.500 bits per heavy atom. The summed E-state index contributed by atoms with van der Waals surface area (Å²) >= 11 is -1.09. The van der Waals surface area contributed by atoms with Crippen molar-refractivity contribution in [3.63, 3.8) is 0 Å². The van der Waals surface area contributed by atoms with E-state index in [-0.39, 0.29) is 16.6 Å². The molecular weight excluding hydrogens is 518 g/mol. The van der Waals surface area contributed by atoms with Crippen LogP contribution in [0.1, 0.15) is 0 Å². The van der Waals surface area contributed by atoms with Crippen LogP contribution in [0.15, 0.2) is 0 Å². The first-order valence-corrected chi connectivity index (χ1v) is 38.9. The predicted molar refractivity (Wildman–Crippen MR) is 117 cm³/mol. The van der Waals surface area contributed by atoms with Crippen LogP contribution in [0.5, 0.6) is 0 Å². The van der Waals surface area contributed by atoms with Crippen LogP contribution in [-0.4, -0.2) is 70.4 Å². The van der Waals surface area contributed by atoms with Crippen LogP contribution in [0.3, 0.4) is 0 Å². The third-order valence-electron chi connectivity index (χ3n) is 4.06. The van der Waals surface area contributed by atoms with Gasteiger partial charge in [-0.25, -0.2) is 0 Å². The van der Waals surface area contributed by atoms with Gasteiger partial charge in [-0.15, -0.1) is 0 Å². The van der Waals surface area contributed by atoms with Crippen molar-refractivity contribution in [1.82, 2.24) is 0 Å². The van der Waals surface area contributed by atoms with E-state index in [1.54, 1.807) is 0 Å². The summed E-state index contributed by atoms with van der Waals surface area (Å²) in [4.78, 5) is 14.2. The minimum absolute atomic E-state index is 0.0136. The molecule has 0 atom stereocenters. The SMILES string of the molecule is C[Si](C)[Si](C)(C)[Si](C)(C)[Si](C)C.[CH3][Sn]([CH3])[CH3].[CH3][Sn]([CH3])[CH3]. The molecule has 0 spiro atoms. The Hall–Kier alpha value is 2.46. The van der Waals surface area contributed by atoms with Gasteiger partial charge < -0.3 is 0 Å². The Kier molecular flexibility index (Phi) is 17.5. The van der Waals surface area contributed by atoms with Gasteiger partial charge in [-0.1, -0.05) is 52.4 Å². The summed E-state index contributed by atoms with van der Waals surface area (Å²) in [5, 5.41) is 0. The Balaban J connectivity index is -0.000000297. The van der Waals surface area contributed by atoms with Gasteiger partial charge in [0.25, 0.3) is 0 Å². The zero-order chi connectivity index (χ0) is 17.3. The molecule has 0 aliphatic rings. The van der Waals surface area contributed by atoms with Gasteiger partial charge in [0.1, 0.15) is 0 Å². The Morgan fingerprint density at radius 3 is 0.650 bits per heavy atom. The molecule has 0 bridgehead atoms. The van der Waals surface area contributed by atoms with E-state index < -0.39 is 53.7 Å². The van der Waals surface area contributed by atoms with Gasteiger partial charge >= 0.3 is 69.2 Å². The molecule has 0 aromatic heterocycles. The second kappa shape index (κ2) is 12.8. The van der Waals surface area contributed by atoms with E-state index >= 15 is 0 Å². The second-order valence-corrected chi connectivity index (χ2v) is 59.9. The van der Waals surface area contributed by atoms with Gasteiger partial charge in [0.15, 0.2) is 0 Å². The monoisotopic (exact) mass is 562 g/mol. The molecule has 0 rings (SSSR count). The average molecular weight is 560 g/mol. The predicted octanol–water partition coefficient (Wildman–Crippen LogP) is 5.89. The summed E-state index contributed by atoms with van der Waals surface area (Å²) in [5.74, 6) is 0. The van der Waals surface area contributed by atoms with E-state index in [1.165, 1.54) is 0 Å². The fourth-order valence-electron chi connectivity index (χ4n) is 1.25. The molecule has 4 radical (unpaired) electrons. The summed E-state index contributed by atoms with van der Waals surface area (Å²) in [7, 11) is -1.54. The van der Waals surface area contributed by atoms with Crippen LogP contribution in [0, 0.1) is 0 Å². The number of hydrogen-bond donors (Lipinski definition) is 0. The van der Waals surface area contributed by atoms with E-state index in [4.69, 9.17) is 0 Å². The van der Waals surface area contributed by atoms with E-state index in [0.717, 1.165) is 0 Å². The summed E-state index contributed by atoms with van der Waals surface area (Å²) in [6.45, 7) is 20.8. The van der Waals surface area contributed by atoms with Gasteiger partial charge in [-0.2, -0.15) is 0 Å². The van der Waals surface area contributed by atoms with Crippen molar-refractivity contribution >= 4 is 70.4 Å². The topological polar surface area (TPSA) is 0 Å². The van der Waals surface area contributed by atoms with Crippen molar-refractivity contribution in [2.45, 2.75) is 82.0 Å². The molecule has 0 saturated heterocycles. The molecule has 0 N–H and O–H groups in total. The molecule has 0 unspecified atom stereocenters.